The molecule has 1 N–H and O–H groups in total. The number of aromatic nitrogens is 5. The van der Waals surface area contributed by atoms with Crippen LogP contribution in [0.2, 0.25) is 0 Å². The van der Waals surface area contributed by atoms with Crippen LogP contribution in [0.3, 0.4) is 0 Å². The number of hydrogen-bond acceptors (Lipinski definition) is 6. The molecule has 4 aromatic heterocycles. The van der Waals surface area contributed by atoms with E-state index in [1.165, 1.54) is 6.20 Å². The summed E-state index contributed by atoms with van der Waals surface area (Å²) >= 11 is 0. The predicted octanol–water partition coefficient (Wildman–Crippen LogP) is 4.02. The Kier molecular flexibility index (Phi) is 5.24. The van der Waals surface area contributed by atoms with Crippen LogP contribution in [0.15, 0.2) is 91.6 Å². The summed E-state index contributed by atoms with van der Waals surface area (Å²) in [6.45, 7) is 0.329. The molecular formula is C24H18N6O2. The fourth-order valence-electron chi connectivity index (χ4n) is 3.30. The molecule has 1 aromatic carbocycles. The number of nitrogens with zero attached hydrogens (tertiary/aromatic N) is 5. The largest absolute Gasteiger partial charge is 0.485 e. The molecule has 8 nitrogen and oxygen atoms in total. The van der Waals surface area contributed by atoms with E-state index in [0.29, 0.717) is 29.4 Å². The third-order valence-corrected chi connectivity index (χ3v) is 4.86. The fourth-order valence-corrected chi connectivity index (χ4v) is 3.30. The first-order valence-electron chi connectivity index (χ1n) is 9.96. The number of benzene rings is 1. The van der Waals surface area contributed by atoms with Gasteiger partial charge in [-0.25, -0.2) is 14.5 Å². The molecule has 0 atom stereocenters. The van der Waals surface area contributed by atoms with Gasteiger partial charge in [-0.3, -0.25) is 9.78 Å². The van der Waals surface area contributed by atoms with E-state index in [4.69, 9.17) is 4.74 Å². The minimum atomic E-state index is -0.370. The number of anilines is 1. The molecule has 0 bridgehead atoms. The molecular weight excluding hydrogens is 404 g/mol. The fraction of sp³-hybridized carbons (Fsp3) is 0.0417. The minimum Gasteiger partial charge on any atom is -0.485 e. The lowest BCUT2D eigenvalue weighted by molar-refractivity contribution is 0.102. The van der Waals surface area contributed by atoms with Crippen molar-refractivity contribution in [2.75, 3.05) is 5.32 Å². The van der Waals surface area contributed by atoms with Crippen molar-refractivity contribution < 1.29 is 9.53 Å². The molecule has 0 fully saturated rings. The predicted molar refractivity (Wildman–Crippen MR) is 119 cm³/mol. The second-order valence-electron chi connectivity index (χ2n) is 6.94. The molecule has 0 saturated carbocycles. The van der Waals surface area contributed by atoms with Gasteiger partial charge in [0.05, 0.1) is 11.9 Å². The van der Waals surface area contributed by atoms with Gasteiger partial charge in [0, 0.05) is 30.4 Å². The highest BCUT2D eigenvalue weighted by atomic mass is 16.5. The Labute approximate surface area is 183 Å². The Morgan fingerprint density at radius 2 is 1.75 bits per heavy atom. The van der Waals surface area contributed by atoms with Gasteiger partial charge in [-0.05, 0) is 35.9 Å². The van der Waals surface area contributed by atoms with Crippen molar-refractivity contribution in [1.82, 2.24) is 24.6 Å². The van der Waals surface area contributed by atoms with E-state index in [1.54, 1.807) is 41.4 Å². The molecule has 0 unspecified atom stereocenters. The van der Waals surface area contributed by atoms with Gasteiger partial charge in [0.2, 0.25) is 0 Å². The van der Waals surface area contributed by atoms with Crippen LogP contribution in [-0.4, -0.2) is 30.5 Å². The Hall–Kier alpha value is -4.59. The van der Waals surface area contributed by atoms with E-state index in [0.717, 1.165) is 16.8 Å². The molecule has 0 aliphatic rings. The summed E-state index contributed by atoms with van der Waals surface area (Å²) in [5.41, 5.74) is 3.58. The summed E-state index contributed by atoms with van der Waals surface area (Å²) in [5, 5.41) is 7.21. The van der Waals surface area contributed by atoms with Gasteiger partial charge in [0.15, 0.2) is 17.2 Å². The van der Waals surface area contributed by atoms with Gasteiger partial charge in [-0.2, -0.15) is 5.10 Å². The second-order valence-corrected chi connectivity index (χ2v) is 6.94. The molecule has 156 valence electrons. The number of carbonyl (C=O) groups excluding carboxylic acids is 1. The number of amides is 1. The van der Waals surface area contributed by atoms with Crippen molar-refractivity contribution in [3.8, 4) is 17.0 Å². The molecule has 0 saturated heterocycles. The first-order chi connectivity index (χ1) is 15.8. The Morgan fingerprint density at radius 3 is 2.59 bits per heavy atom. The smallest absolute Gasteiger partial charge is 0.262 e. The standard InChI is InChI=1S/C24H18N6O2/c31-24(29-22-21(7-4-11-26-22)32-16-17-8-12-25-13-9-17)19-15-28-30-20(10-14-27-23(19)30)18-5-2-1-3-6-18/h1-15H,16H2,(H,26,29,31). The number of pyridine rings is 2. The van der Waals surface area contributed by atoms with E-state index >= 15 is 0 Å². The van der Waals surface area contributed by atoms with Crippen LogP contribution in [0.4, 0.5) is 5.82 Å². The molecule has 5 aromatic rings. The van der Waals surface area contributed by atoms with E-state index in [9.17, 15) is 4.79 Å². The molecule has 4 heterocycles. The zero-order valence-electron chi connectivity index (χ0n) is 16.9. The molecule has 0 spiro atoms. The Morgan fingerprint density at radius 1 is 0.906 bits per heavy atom. The van der Waals surface area contributed by atoms with Crippen molar-refractivity contribution in [3.05, 3.63) is 103 Å². The van der Waals surface area contributed by atoms with Gasteiger partial charge < -0.3 is 10.1 Å². The molecule has 0 radical (unpaired) electrons. The van der Waals surface area contributed by atoms with E-state index in [-0.39, 0.29) is 5.91 Å². The average molecular weight is 422 g/mol. The van der Waals surface area contributed by atoms with E-state index in [1.807, 2.05) is 48.5 Å². The monoisotopic (exact) mass is 422 g/mol. The van der Waals surface area contributed by atoms with Crippen LogP contribution in [0.1, 0.15) is 15.9 Å². The molecule has 1 amide bonds. The normalized spacial score (nSPS) is 10.8. The number of hydrogen-bond donors (Lipinski definition) is 1. The lowest BCUT2D eigenvalue weighted by Crippen LogP contribution is -2.14. The first-order valence-corrected chi connectivity index (χ1v) is 9.96. The molecule has 0 aliphatic carbocycles. The second kappa shape index (κ2) is 8.65. The maximum Gasteiger partial charge on any atom is 0.262 e. The summed E-state index contributed by atoms with van der Waals surface area (Å²) in [6, 6.07) is 18.9. The molecule has 0 aliphatic heterocycles. The van der Waals surface area contributed by atoms with Gasteiger partial charge in [-0.1, -0.05) is 30.3 Å². The van der Waals surface area contributed by atoms with E-state index in [2.05, 4.69) is 25.4 Å². The van der Waals surface area contributed by atoms with Gasteiger partial charge in [-0.15, -0.1) is 0 Å². The van der Waals surface area contributed by atoms with Crippen LogP contribution in [0.25, 0.3) is 16.9 Å². The van der Waals surface area contributed by atoms with Crippen molar-refractivity contribution in [2.45, 2.75) is 6.61 Å². The van der Waals surface area contributed by atoms with Crippen LogP contribution < -0.4 is 10.1 Å². The van der Waals surface area contributed by atoms with Crippen LogP contribution in [0.5, 0.6) is 5.75 Å². The van der Waals surface area contributed by atoms with E-state index < -0.39 is 0 Å². The third kappa shape index (κ3) is 3.89. The summed E-state index contributed by atoms with van der Waals surface area (Å²) in [7, 11) is 0. The summed E-state index contributed by atoms with van der Waals surface area (Å²) in [4.78, 5) is 25.7. The summed E-state index contributed by atoms with van der Waals surface area (Å²) in [5.74, 6) is 0.419. The lowest BCUT2D eigenvalue weighted by Gasteiger charge is -2.11. The number of carbonyl (C=O) groups is 1. The third-order valence-electron chi connectivity index (χ3n) is 4.86. The number of rotatable bonds is 6. The molecule has 5 rings (SSSR count). The van der Waals surface area contributed by atoms with Gasteiger partial charge in [0.25, 0.3) is 5.91 Å². The number of ether oxygens (including phenoxy) is 1. The first kappa shape index (κ1) is 19.4. The van der Waals surface area contributed by atoms with Crippen molar-refractivity contribution >= 4 is 17.4 Å². The highest BCUT2D eigenvalue weighted by Gasteiger charge is 2.18. The summed E-state index contributed by atoms with van der Waals surface area (Å²) in [6.07, 6.45) is 8.17. The number of fused-ring (bicyclic) bond motifs is 1. The average Bonchev–Trinajstić information content (AvgIpc) is 3.29. The molecule has 8 heteroatoms. The topological polar surface area (TPSA) is 94.3 Å². The van der Waals surface area contributed by atoms with Crippen LogP contribution in [-0.2, 0) is 6.61 Å². The Bertz CT molecular complexity index is 1370. The van der Waals surface area contributed by atoms with Crippen molar-refractivity contribution in [2.24, 2.45) is 0 Å². The van der Waals surface area contributed by atoms with Crippen molar-refractivity contribution in [1.29, 1.82) is 0 Å². The van der Waals surface area contributed by atoms with Crippen LogP contribution in [0, 0.1) is 0 Å². The number of nitrogens with one attached hydrogen (secondary N) is 1. The van der Waals surface area contributed by atoms with Crippen LogP contribution >= 0.6 is 0 Å². The summed E-state index contributed by atoms with van der Waals surface area (Å²) < 4.78 is 7.52. The Balaban J connectivity index is 1.40. The van der Waals surface area contributed by atoms with Gasteiger partial charge in [0.1, 0.15) is 12.2 Å². The van der Waals surface area contributed by atoms with Crippen molar-refractivity contribution in [3.63, 3.8) is 0 Å². The highest BCUT2D eigenvalue weighted by molar-refractivity contribution is 6.08. The zero-order valence-corrected chi connectivity index (χ0v) is 16.9. The lowest BCUT2D eigenvalue weighted by atomic mass is 10.1. The zero-order chi connectivity index (χ0) is 21.8. The maximum absolute atomic E-state index is 13.1. The minimum absolute atomic E-state index is 0.324. The SMILES string of the molecule is O=C(Nc1ncccc1OCc1ccncc1)c1cnn2c(-c3ccccc3)ccnc12. The molecule has 32 heavy (non-hydrogen) atoms. The quantitative estimate of drug-likeness (QED) is 0.444. The van der Waals surface area contributed by atoms with Gasteiger partial charge >= 0.3 is 0 Å². The maximum atomic E-state index is 13.1. The highest BCUT2D eigenvalue weighted by Crippen LogP contribution is 2.24.